The monoisotopic (exact) mass is 473 g/mol. The second kappa shape index (κ2) is 9.59. The molecule has 0 aliphatic carbocycles. The van der Waals surface area contributed by atoms with Gasteiger partial charge in [0.15, 0.2) is 5.82 Å². The summed E-state index contributed by atoms with van der Waals surface area (Å²) in [7, 11) is 3.77. The van der Waals surface area contributed by atoms with Crippen LogP contribution in [-0.4, -0.2) is 75.3 Å². The van der Waals surface area contributed by atoms with Gasteiger partial charge in [-0.2, -0.15) is 0 Å². The fourth-order valence-electron chi connectivity index (χ4n) is 4.75. The fraction of sp³-hybridized carbons (Fsp3) is 0.385. The molecule has 0 spiro atoms. The largest absolute Gasteiger partial charge is 0.497 e. The molecule has 0 radical (unpaired) electrons. The third-order valence-electron chi connectivity index (χ3n) is 7.07. The van der Waals surface area contributed by atoms with Gasteiger partial charge in [0.25, 0.3) is 5.56 Å². The van der Waals surface area contributed by atoms with Crippen molar-refractivity contribution in [2.45, 2.75) is 26.4 Å². The summed E-state index contributed by atoms with van der Waals surface area (Å²) >= 11 is 0. The fourth-order valence-corrected chi connectivity index (χ4v) is 4.75. The summed E-state index contributed by atoms with van der Waals surface area (Å²) in [6.45, 7) is 8.07. The molecule has 35 heavy (non-hydrogen) atoms. The number of tetrazole rings is 1. The van der Waals surface area contributed by atoms with E-state index in [1.807, 2.05) is 37.3 Å². The Morgan fingerprint density at radius 2 is 1.80 bits per heavy atom. The molecule has 0 saturated carbocycles. The van der Waals surface area contributed by atoms with Crippen molar-refractivity contribution in [2.24, 2.45) is 0 Å². The molecule has 182 valence electrons. The number of hydrogen-bond acceptors (Lipinski definition) is 7. The highest BCUT2D eigenvalue weighted by Crippen LogP contribution is 2.29. The molecule has 9 heteroatoms. The van der Waals surface area contributed by atoms with E-state index in [0.29, 0.717) is 17.9 Å². The molecule has 1 aliphatic rings. The molecule has 1 aliphatic heterocycles. The second-order valence-electron chi connectivity index (χ2n) is 9.31. The van der Waals surface area contributed by atoms with Gasteiger partial charge in [-0.25, -0.2) is 4.68 Å². The Morgan fingerprint density at radius 3 is 2.51 bits per heavy atom. The van der Waals surface area contributed by atoms with Crippen LogP contribution in [0, 0.1) is 13.8 Å². The van der Waals surface area contributed by atoms with Crippen LogP contribution >= 0.6 is 0 Å². The van der Waals surface area contributed by atoms with E-state index in [2.05, 4.69) is 56.4 Å². The summed E-state index contributed by atoms with van der Waals surface area (Å²) in [6, 6.07) is 13.7. The van der Waals surface area contributed by atoms with Crippen LogP contribution in [0.3, 0.4) is 0 Å². The maximum Gasteiger partial charge on any atom is 0.253 e. The van der Waals surface area contributed by atoms with Gasteiger partial charge in [-0.3, -0.25) is 9.69 Å². The number of aromatic nitrogens is 5. The number of fused-ring (bicyclic) bond motifs is 1. The Labute approximate surface area is 204 Å². The zero-order chi connectivity index (χ0) is 24.5. The highest BCUT2D eigenvalue weighted by atomic mass is 16.5. The minimum atomic E-state index is -0.355. The number of nitrogens with zero attached hydrogens (tertiary/aromatic N) is 6. The third kappa shape index (κ3) is 4.56. The van der Waals surface area contributed by atoms with Crippen molar-refractivity contribution in [2.75, 3.05) is 40.3 Å². The number of pyridine rings is 1. The number of H-pyrrole nitrogens is 1. The molecule has 1 unspecified atom stereocenters. The van der Waals surface area contributed by atoms with Crippen molar-refractivity contribution in [1.82, 2.24) is 35.0 Å². The smallest absolute Gasteiger partial charge is 0.253 e. The first-order chi connectivity index (χ1) is 16.9. The highest BCUT2D eigenvalue weighted by molar-refractivity contribution is 5.83. The van der Waals surface area contributed by atoms with Crippen molar-refractivity contribution in [3.8, 4) is 5.75 Å². The van der Waals surface area contributed by atoms with Crippen LogP contribution in [0.1, 0.15) is 34.1 Å². The van der Waals surface area contributed by atoms with Crippen LogP contribution in [0.15, 0.2) is 47.3 Å². The van der Waals surface area contributed by atoms with Gasteiger partial charge >= 0.3 is 0 Å². The zero-order valence-electron chi connectivity index (χ0n) is 20.7. The van der Waals surface area contributed by atoms with Crippen molar-refractivity contribution in [1.29, 1.82) is 0 Å². The van der Waals surface area contributed by atoms with Gasteiger partial charge in [0, 0.05) is 31.7 Å². The van der Waals surface area contributed by atoms with Gasteiger partial charge in [0.2, 0.25) is 0 Å². The molecule has 1 saturated heterocycles. The van der Waals surface area contributed by atoms with Crippen molar-refractivity contribution >= 4 is 10.9 Å². The molecule has 0 amide bonds. The van der Waals surface area contributed by atoms with E-state index < -0.39 is 0 Å². The standard InChI is InChI=1S/C26H31N7O2/c1-17-5-8-20-15-22(26(34)27-23(20)18(17)2)24(32-13-11-31(3)12-14-32)25-28-29-30-33(25)16-19-6-9-21(35-4)10-7-19/h5-10,15,24H,11-14,16H2,1-4H3,(H,27,34). The van der Waals surface area contributed by atoms with Gasteiger partial charge in [-0.1, -0.05) is 24.3 Å². The first-order valence-corrected chi connectivity index (χ1v) is 11.9. The SMILES string of the molecule is COc1ccc(Cn2nnnc2C(c2cc3ccc(C)c(C)c3[nH]c2=O)N2CCN(C)CC2)cc1. The van der Waals surface area contributed by atoms with Crippen molar-refractivity contribution < 1.29 is 4.74 Å². The summed E-state index contributed by atoms with van der Waals surface area (Å²) in [6.07, 6.45) is 0. The molecule has 2 aromatic carbocycles. The van der Waals surface area contributed by atoms with E-state index in [0.717, 1.165) is 59.5 Å². The molecule has 3 heterocycles. The van der Waals surface area contributed by atoms with Crippen LogP contribution in [0.2, 0.25) is 0 Å². The maximum atomic E-state index is 13.5. The molecule has 1 N–H and O–H groups in total. The van der Waals surface area contributed by atoms with Gasteiger partial charge in [-0.05, 0) is 71.6 Å². The minimum Gasteiger partial charge on any atom is -0.497 e. The Hall–Kier alpha value is -3.56. The number of rotatable bonds is 6. The first kappa shape index (κ1) is 23.2. The Bertz CT molecular complexity index is 1390. The number of aryl methyl sites for hydroxylation is 2. The van der Waals surface area contributed by atoms with E-state index >= 15 is 0 Å². The third-order valence-corrected chi connectivity index (χ3v) is 7.07. The van der Waals surface area contributed by atoms with Crippen LogP contribution < -0.4 is 10.3 Å². The molecular formula is C26H31N7O2. The van der Waals surface area contributed by atoms with E-state index in [1.165, 1.54) is 0 Å². The average Bonchev–Trinajstić information content (AvgIpc) is 3.31. The van der Waals surface area contributed by atoms with Crippen LogP contribution in [0.5, 0.6) is 5.75 Å². The van der Waals surface area contributed by atoms with Crippen molar-refractivity contribution in [3.63, 3.8) is 0 Å². The molecule has 9 nitrogen and oxygen atoms in total. The lowest BCUT2D eigenvalue weighted by atomic mass is 9.99. The average molecular weight is 474 g/mol. The van der Waals surface area contributed by atoms with Crippen LogP contribution in [0.4, 0.5) is 0 Å². The van der Waals surface area contributed by atoms with Gasteiger partial charge in [-0.15, -0.1) is 5.10 Å². The molecular weight excluding hydrogens is 442 g/mol. The predicted octanol–water partition coefficient (Wildman–Crippen LogP) is 2.53. The topological polar surface area (TPSA) is 92.2 Å². The quantitative estimate of drug-likeness (QED) is 0.460. The van der Waals surface area contributed by atoms with E-state index in [4.69, 9.17) is 4.74 Å². The predicted molar refractivity (Wildman–Crippen MR) is 135 cm³/mol. The second-order valence-corrected chi connectivity index (χ2v) is 9.31. The number of ether oxygens (including phenoxy) is 1. The molecule has 1 fully saturated rings. The Kier molecular flexibility index (Phi) is 6.36. The number of nitrogens with one attached hydrogen (secondary N) is 1. The number of benzene rings is 2. The number of hydrogen-bond donors (Lipinski definition) is 1. The molecule has 5 rings (SSSR count). The van der Waals surface area contributed by atoms with E-state index in [-0.39, 0.29) is 11.6 Å². The summed E-state index contributed by atoms with van der Waals surface area (Å²) in [5.74, 6) is 1.47. The number of methoxy groups -OCH3 is 1. The molecule has 1 atom stereocenters. The molecule has 0 bridgehead atoms. The van der Waals surface area contributed by atoms with Crippen molar-refractivity contribution in [3.05, 3.63) is 80.9 Å². The molecule has 2 aromatic heterocycles. The van der Waals surface area contributed by atoms with Gasteiger partial charge in [0.1, 0.15) is 11.8 Å². The first-order valence-electron chi connectivity index (χ1n) is 11.9. The summed E-state index contributed by atoms with van der Waals surface area (Å²) in [5, 5.41) is 13.8. The normalized spacial score (nSPS) is 16.0. The number of aromatic amines is 1. The van der Waals surface area contributed by atoms with E-state index in [1.54, 1.807) is 11.8 Å². The maximum absolute atomic E-state index is 13.5. The summed E-state index contributed by atoms with van der Waals surface area (Å²) in [5.41, 5.74) is 4.74. The molecule has 4 aromatic rings. The lowest BCUT2D eigenvalue weighted by molar-refractivity contribution is 0.121. The number of piperazine rings is 1. The van der Waals surface area contributed by atoms with Crippen LogP contribution in [0.25, 0.3) is 10.9 Å². The highest BCUT2D eigenvalue weighted by Gasteiger charge is 2.32. The van der Waals surface area contributed by atoms with Crippen LogP contribution in [-0.2, 0) is 6.54 Å². The Balaban J connectivity index is 1.59. The van der Waals surface area contributed by atoms with Gasteiger partial charge in [0.05, 0.1) is 19.2 Å². The number of likely N-dealkylation sites (N-methyl/N-ethyl adjacent to an activating group) is 1. The minimum absolute atomic E-state index is 0.103. The van der Waals surface area contributed by atoms with E-state index in [9.17, 15) is 4.79 Å². The Morgan fingerprint density at radius 1 is 1.06 bits per heavy atom. The lowest BCUT2D eigenvalue weighted by Crippen LogP contribution is -2.47. The summed E-state index contributed by atoms with van der Waals surface area (Å²) in [4.78, 5) is 21.3. The summed E-state index contributed by atoms with van der Waals surface area (Å²) < 4.78 is 7.08. The van der Waals surface area contributed by atoms with Gasteiger partial charge < -0.3 is 14.6 Å². The lowest BCUT2D eigenvalue weighted by Gasteiger charge is -2.37. The zero-order valence-corrected chi connectivity index (χ0v) is 20.7.